The third-order valence-electron chi connectivity index (χ3n) is 5.12. The van der Waals surface area contributed by atoms with Crippen molar-refractivity contribution in [2.45, 2.75) is 52.0 Å². The molecule has 0 aliphatic heterocycles. The van der Waals surface area contributed by atoms with E-state index in [1.807, 2.05) is 26.0 Å². The second kappa shape index (κ2) is 9.92. The summed E-state index contributed by atoms with van der Waals surface area (Å²) in [5.41, 5.74) is 3.06. The highest BCUT2D eigenvalue weighted by Crippen LogP contribution is 2.27. The smallest absolute Gasteiger partial charge is 0.262 e. The van der Waals surface area contributed by atoms with Crippen LogP contribution in [0.1, 0.15) is 53.6 Å². The van der Waals surface area contributed by atoms with Gasteiger partial charge in [-0.3, -0.25) is 9.59 Å². The van der Waals surface area contributed by atoms with E-state index < -0.39 is 0 Å². The lowest BCUT2D eigenvalue weighted by atomic mass is 9.95. The number of carbonyl (C=O) groups is 2. The zero-order valence-electron chi connectivity index (χ0n) is 16.9. The Balaban J connectivity index is 1.57. The van der Waals surface area contributed by atoms with E-state index in [0.29, 0.717) is 17.0 Å². The SMILES string of the molecule is Cc1cc(Br)cc(C)c1OCC(=O)Nc1cccc(C(=O)NC2CCCCC2)c1. The molecule has 2 aromatic rings. The molecule has 0 atom stereocenters. The molecule has 0 aromatic heterocycles. The maximum absolute atomic E-state index is 12.5. The van der Waals surface area contributed by atoms with E-state index in [1.165, 1.54) is 19.3 Å². The van der Waals surface area contributed by atoms with Crippen LogP contribution in [0.5, 0.6) is 5.75 Å². The van der Waals surface area contributed by atoms with Gasteiger partial charge in [-0.25, -0.2) is 0 Å². The largest absolute Gasteiger partial charge is 0.483 e. The van der Waals surface area contributed by atoms with Crippen LogP contribution in [0, 0.1) is 13.8 Å². The molecule has 0 saturated heterocycles. The summed E-state index contributed by atoms with van der Waals surface area (Å²) < 4.78 is 6.70. The Kier molecular flexibility index (Phi) is 7.31. The molecule has 154 valence electrons. The molecule has 2 aromatic carbocycles. The molecule has 0 bridgehead atoms. The van der Waals surface area contributed by atoms with Crippen molar-refractivity contribution in [3.63, 3.8) is 0 Å². The predicted octanol–water partition coefficient (Wildman–Crippen LogP) is 5.15. The van der Waals surface area contributed by atoms with Gasteiger partial charge in [-0.05, 0) is 68.1 Å². The van der Waals surface area contributed by atoms with Gasteiger partial charge in [-0.15, -0.1) is 0 Å². The van der Waals surface area contributed by atoms with Crippen molar-refractivity contribution >= 4 is 33.4 Å². The molecule has 1 saturated carbocycles. The number of anilines is 1. The van der Waals surface area contributed by atoms with Gasteiger partial charge in [0.05, 0.1) is 0 Å². The van der Waals surface area contributed by atoms with Crippen molar-refractivity contribution < 1.29 is 14.3 Å². The third kappa shape index (κ3) is 6.07. The normalized spacial score (nSPS) is 14.3. The lowest BCUT2D eigenvalue weighted by Crippen LogP contribution is -2.36. The first-order valence-corrected chi connectivity index (χ1v) is 10.8. The van der Waals surface area contributed by atoms with Gasteiger partial charge in [0.1, 0.15) is 5.75 Å². The van der Waals surface area contributed by atoms with E-state index in [4.69, 9.17) is 4.74 Å². The fraction of sp³-hybridized carbons (Fsp3) is 0.391. The number of nitrogens with one attached hydrogen (secondary N) is 2. The molecule has 6 heteroatoms. The number of carbonyl (C=O) groups excluding carboxylic acids is 2. The summed E-state index contributed by atoms with van der Waals surface area (Å²) in [7, 11) is 0. The van der Waals surface area contributed by atoms with Crippen molar-refractivity contribution in [1.82, 2.24) is 5.32 Å². The molecule has 0 spiro atoms. The molecule has 1 aliphatic rings. The topological polar surface area (TPSA) is 67.4 Å². The Bertz CT molecular complexity index is 868. The average molecular weight is 459 g/mol. The Morgan fingerprint density at radius 2 is 1.76 bits per heavy atom. The van der Waals surface area contributed by atoms with Crippen molar-refractivity contribution in [3.8, 4) is 5.75 Å². The highest BCUT2D eigenvalue weighted by molar-refractivity contribution is 9.10. The molecule has 3 rings (SSSR count). The second-order valence-corrected chi connectivity index (χ2v) is 8.51. The zero-order chi connectivity index (χ0) is 20.8. The first-order chi connectivity index (χ1) is 13.9. The van der Waals surface area contributed by atoms with Crippen molar-refractivity contribution in [1.29, 1.82) is 0 Å². The number of hydrogen-bond acceptors (Lipinski definition) is 3. The van der Waals surface area contributed by atoms with Crippen LogP contribution < -0.4 is 15.4 Å². The van der Waals surface area contributed by atoms with E-state index in [2.05, 4.69) is 26.6 Å². The predicted molar refractivity (Wildman–Crippen MR) is 119 cm³/mol. The first kappa shape index (κ1) is 21.4. The second-order valence-electron chi connectivity index (χ2n) is 7.59. The summed E-state index contributed by atoms with van der Waals surface area (Å²) in [5.74, 6) is 0.353. The molecule has 0 unspecified atom stereocenters. The zero-order valence-corrected chi connectivity index (χ0v) is 18.5. The number of amides is 2. The Labute approximate surface area is 180 Å². The minimum atomic E-state index is -0.267. The molecule has 2 N–H and O–H groups in total. The highest BCUT2D eigenvalue weighted by atomic mass is 79.9. The van der Waals surface area contributed by atoms with E-state index in [1.54, 1.807) is 24.3 Å². The standard InChI is InChI=1S/C23H27BrN2O3/c1-15-11-18(24)12-16(2)22(15)29-14-21(27)25-20-10-6-7-17(13-20)23(28)26-19-8-4-3-5-9-19/h6-7,10-13,19H,3-5,8-9,14H2,1-2H3,(H,25,27)(H,26,28). The Hall–Kier alpha value is -2.34. The number of rotatable bonds is 6. The summed E-state index contributed by atoms with van der Waals surface area (Å²) in [6, 6.07) is 11.2. The molecule has 1 fully saturated rings. The molecule has 2 amide bonds. The third-order valence-corrected chi connectivity index (χ3v) is 5.58. The molecule has 0 heterocycles. The van der Waals surface area contributed by atoms with Crippen LogP contribution >= 0.6 is 15.9 Å². The maximum Gasteiger partial charge on any atom is 0.262 e. The number of halogens is 1. The monoisotopic (exact) mass is 458 g/mol. The summed E-state index contributed by atoms with van der Waals surface area (Å²) in [5, 5.41) is 5.91. The molecular formula is C23H27BrN2O3. The van der Waals surface area contributed by atoms with Gasteiger partial charge in [0.15, 0.2) is 6.61 Å². The van der Waals surface area contributed by atoms with Crippen molar-refractivity contribution in [3.05, 3.63) is 57.6 Å². The Morgan fingerprint density at radius 1 is 1.07 bits per heavy atom. The van der Waals surface area contributed by atoms with Crippen molar-refractivity contribution in [2.24, 2.45) is 0 Å². The molecule has 5 nitrogen and oxygen atoms in total. The minimum Gasteiger partial charge on any atom is -0.483 e. The fourth-order valence-corrected chi connectivity index (χ4v) is 4.40. The summed E-state index contributed by atoms with van der Waals surface area (Å²) >= 11 is 3.45. The van der Waals surface area contributed by atoms with Gasteiger partial charge in [-0.2, -0.15) is 0 Å². The number of aryl methyl sites for hydroxylation is 2. The quantitative estimate of drug-likeness (QED) is 0.628. The summed E-state index contributed by atoms with van der Waals surface area (Å²) in [6.45, 7) is 3.79. The van der Waals surface area contributed by atoms with Gasteiger partial charge in [-0.1, -0.05) is 41.3 Å². The maximum atomic E-state index is 12.5. The van der Waals surface area contributed by atoms with Crippen molar-refractivity contribution in [2.75, 3.05) is 11.9 Å². The van der Waals surface area contributed by atoms with Gasteiger partial charge < -0.3 is 15.4 Å². The lowest BCUT2D eigenvalue weighted by molar-refractivity contribution is -0.118. The Morgan fingerprint density at radius 3 is 2.45 bits per heavy atom. The van der Waals surface area contributed by atoms with E-state index in [-0.39, 0.29) is 24.5 Å². The number of ether oxygens (including phenoxy) is 1. The average Bonchev–Trinajstić information content (AvgIpc) is 2.68. The number of benzene rings is 2. The van der Waals surface area contributed by atoms with Crippen LogP contribution in [-0.2, 0) is 4.79 Å². The van der Waals surface area contributed by atoms with E-state index >= 15 is 0 Å². The molecule has 29 heavy (non-hydrogen) atoms. The van der Waals surface area contributed by atoms with Crippen LogP contribution in [0.25, 0.3) is 0 Å². The van der Waals surface area contributed by atoms with Gasteiger partial charge >= 0.3 is 0 Å². The van der Waals surface area contributed by atoms with Gasteiger partial charge in [0.25, 0.3) is 11.8 Å². The fourth-order valence-electron chi connectivity index (χ4n) is 3.71. The van der Waals surface area contributed by atoms with Crippen LogP contribution in [0.15, 0.2) is 40.9 Å². The van der Waals surface area contributed by atoms with E-state index in [0.717, 1.165) is 28.4 Å². The van der Waals surface area contributed by atoms with Gasteiger partial charge in [0.2, 0.25) is 0 Å². The highest BCUT2D eigenvalue weighted by Gasteiger charge is 2.17. The van der Waals surface area contributed by atoms with Gasteiger partial charge in [0, 0.05) is 21.8 Å². The summed E-state index contributed by atoms with van der Waals surface area (Å²) in [4.78, 5) is 24.8. The first-order valence-electron chi connectivity index (χ1n) is 10.0. The lowest BCUT2D eigenvalue weighted by Gasteiger charge is -2.22. The molecule has 0 radical (unpaired) electrons. The number of hydrogen-bond donors (Lipinski definition) is 2. The summed E-state index contributed by atoms with van der Waals surface area (Å²) in [6.07, 6.45) is 5.65. The van der Waals surface area contributed by atoms with E-state index in [9.17, 15) is 9.59 Å². The molecular weight excluding hydrogens is 432 g/mol. The molecule has 1 aliphatic carbocycles. The van der Waals surface area contributed by atoms with Crippen LogP contribution in [0.2, 0.25) is 0 Å². The van der Waals surface area contributed by atoms with Crippen LogP contribution in [0.4, 0.5) is 5.69 Å². The van der Waals surface area contributed by atoms with Crippen LogP contribution in [-0.4, -0.2) is 24.5 Å². The minimum absolute atomic E-state index is 0.0923. The van der Waals surface area contributed by atoms with Crippen LogP contribution in [0.3, 0.4) is 0 Å².